The zero-order valence-corrected chi connectivity index (χ0v) is 10.7. The van der Waals surface area contributed by atoms with E-state index < -0.39 is 5.97 Å². The topological polar surface area (TPSA) is 68.0 Å². The van der Waals surface area contributed by atoms with Gasteiger partial charge in [-0.3, -0.25) is 4.79 Å². The Hall–Kier alpha value is -2.69. The van der Waals surface area contributed by atoms with E-state index in [9.17, 15) is 4.79 Å². The molecule has 100 valence electrons. The summed E-state index contributed by atoms with van der Waals surface area (Å²) in [7, 11) is 0. The maximum atomic E-state index is 10.6. The summed E-state index contributed by atoms with van der Waals surface area (Å²) in [5.41, 5.74) is 3.47. The van der Waals surface area contributed by atoms with Gasteiger partial charge in [-0.1, -0.05) is 24.3 Å². The Morgan fingerprint density at radius 1 is 1.05 bits per heavy atom. The molecule has 0 saturated carbocycles. The molecule has 0 aliphatic heterocycles. The Labute approximate surface area is 115 Å². The van der Waals surface area contributed by atoms with Gasteiger partial charge in [-0.25, -0.2) is 0 Å². The highest BCUT2D eigenvalue weighted by Crippen LogP contribution is 2.14. The number of aliphatic carboxylic acids is 1. The summed E-state index contributed by atoms with van der Waals surface area (Å²) in [5.74, 6) is -0.793. The van der Waals surface area contributed by atoms with Crippen LogP contribution in [0.2, 0.25) is 0 Å². The molecule has 1 N–H and O–H groups in total. The molecule has 0 aliphatic carbocycles. The average Bonchev–Trinajstić information content (AvgIpc) is 2.89. The van der Waals surface area contributed by atoms with Crippen molar-refractivity contribution in [2.75, 3.05) is 0 Å². The Kier molecular flexibility index (Phi) is 3.16. The van der Waals surface area contributed by atoms with E-state index in [1.165, 1.54) is 0 Å². The molecule has 0 atom stereocenters. The van der Waals surface area contributed by atoms with Gasteiger partial charge in [-0.15, -0.1) is 10.2 Å². The molecule has 5 heteroatoms. The van der Waals surface area contributed by atoms with Gasteiger partial charge in [0.05, 0.1) is 5.69 Å². The van der Waals surface area contributed by atoms with Gasteiger partial charge in [-0.05, 0) is 36.2 Å². The molecule has 0 bridgehead atoms. The van der Waals surface area contributed by atoms with E-state index in [1.54, 1.807) is 4.80 Å². The van der Waals surface area contributed by atoms with Gasteiger partial charge < -0.3 is 5.11 Å². The van der Waals surface area contributed by atoms with E-state index in [0.717, 1.165) is 22.3 Å². The van der Waals surface area contributed by atoms with Crippen LogP contribution in [-0.4, -0.2) is 26.1 Å². The highest BCUT2D eigenvalue weighted by Gasteiger charge is 2.05. The number of carboxylic acid groups (broad SMARTS) is 1. The normalized spacial score (nSPS) is 10.8. The first-order chi connectivity index (χ1) is 9.72. The second kappa shape index (κ2) is 5.13. The van der Waals surface area contributed by atoms with Crippen LogP contribution in [0.25, 0.3) is 16.7 Å². The van der Waals surface area contributed by atoms with E-state index >= 15 is 0 Å². The third-order valence-corrected chi connectivity index (χ3v) is 3.06. The molecule has 20 heavy (non-hydrogen) atoms. The number of rotatable bonds is 4. The predicted octanol–water partition coefficient (Wildman–Crippen LogP) is 2.44. The van der Waals surface area contributed by atoms with Crippen molar-refractivity contribution in [1.29, 1.82) is 0 Å². The summed E-state index contributed by atoms with van der Waals surface area (Å²) in [5, 5.41) is 17.5. The quantitative estimate of drug-likeness (QED) is 0.788. The van der Waals surface area contributed by atoms with Crippen LogP contribution in [0.15, 0.2) is 48.5 Å². The summed E-state index contributed by atoms with van der Waals surface area (Å²) >= 11 is 0. The molecule has 3 rings (SSSR count). The second-order valence-electron chi connectivity index (χ2n) is 4.54. The molecule has 5 nitrogen and oxygen atoms in total. The van der Waals surface area contributed by atoms with Crippen molar-refractivity contribution in [2.24, 2.45) is 0 Å². The van der Waals surface area contributed by atoms with Crippen molar-refractivity contribution in [2.45, 2.75) is 12.8 Å². The van der Waals surface area contributed by atoms with E-state index in [2.05, 4.69) is 10.2 Å². The Bertz CT molecular complexity index is 731. The minimum Gasteiger partial charge on any atom is -0.481 e. The Balaban J connectivity index is 1.93. The third-order valence-electron chi connectivity index (χ3n) is 3.06. The number of hydrogen-bond donors (Lipinski definition) is 1. The SMILES string of the molecule is O=C(O)CCc1cccc(-n2nc3ccccc3n2)c1. The van der Waals surface area contributed by atoms with Crippen LogP contribution in [0.1, 0.15) is 12.0 Å². The van der Waals surface area contributed by atoms with Gasteiger partial charge in [-0.2, -0.15) is 4.80 Å². The molecule has 0 amide bonds. The number of aryl methyl sites for hydroxylation is 1. The summed E-state index contributed by atoms with van der Waals surface area (Å²) < 4.78 is 0. The minimum atomic E-state index is -0.793. The van der Waals surface area contributed by atoms with E-state index in [1.807, 2.05) is 48.5 Å². The van der Waals surface area contributed by atoms with E-state index in [4.69, 9.17) is 5.11 Å². The number of carbonyl (C=O) groups is 1. The van der Waals surface area contributed by atoms with Crippen molar-refractivity contribution in [3.63, 3.8) is 0 Å². The molecule has 0 spiro atoms. The zero-order valence-electron chi connectivity index (χ0n) is 10.7. The first-order valence-corrected chi connectivity index (χ1v) is 6.35. The van der Waals surface area contributed by atoms with Gasteiger partial charge >= 0.3 is 5.97 Å². The second-order valence-corrected chi connectivity index (χ2v) is 4.54. The largest absolute Gasteiger partial charge is 0.481 e. The lowest BCUT2D eigenvalue weighted by molar-refractivity contribution is -0.136. The molecule has 0 fully saturated rings. The maximum Gasteiger partial charge on any atom is 0.303 e. The number of nitrogens with zero attached hydrogens (tertiary/aromatic N) is 3. The predicted molar refractivity (Wildman–Crippen MR) is 74.8 cm³/mol. The van der Waals surface area contributed by atoms with E-state index in [-0.39, 0.29) is 6.42 Å². The number of fused-ring (bicyclic) bond motifs is 1. The van der Waals surface area contributed by atoms with Crippen molar-refractivity contribution in [1.82, 2.24) is 15.0 Å². The average molecular weight is 267 g/mol. The molecule has 0 aliphatic rings. The van der Waals surface area contributed by atoms with Crippen molar-refractivity contribution < 1.29 is 9.90 Å². The molecular formula is C15H13N3O2. The van der Waals surface area contributed by atoms with E-state index in [0.29, 0.717) is 6.42 Å². The van der Waals surface area contributed by atoms with Crippen molar-refractivity contribution >= 4 is 17.0 Å². The van der Waals surface area contributed by atoms with Crippen LogP contribution < -0.4 is 0 Å². The van der Waals surface area contributed by atoms with Crippen molar-refractivity contribution in [3.05, 3.63) is 54.1 Å². The first-order valence-electron chi connectivity index (χ1n) is 6.35. The van der Waals surface area contributed by atoms with Crippen LogP contribution in [0.4, 0.5) is 0 Å². The summed E-state index contributed by atoms with van der Waals surface area (Å²) in [6.07, 6.45) is 0.627. The van der Waals surface area contributed by atoms with Crippen LogP contribution in [-0.2, 0) is 11.2 Å². The number of carboxylic acids is 1. The maximum absolute atomic E-state index is 10.6. The monoisotopic (exact) mass is 267 g/mol. The van der Waals surface area contributed by atoms with Crippen LogP contribution in [0.3, 0.4) is 0 Å². The Morgan fingerprint density at radius 3 is 2.40 bits per heavy atom. The van der Waals surface area contributed by atoms with Crippen LogP contribution >= 0.6 is 0 Å². The lowest BCUT2D eigenvalue weighted by Gasteiger charge is -2.03. The molecule has 2 aromatic carbocycles. The summed E-state index contributed by atoms with van der Waals surface area (Å²) in [6.45, 7) is 0. The first kappa shape index (κ1) is 12.3. The van der Waals surface area contributed by atoms with Gasteiger partial charge in [0.1, 0.15) is 11.0 Å². The minimum absolute atomic E-state index is 0.123. The molecule has 1 heterocycles. The van der Waals surface area contributed by atoms with Crippen LogP contribution in [0.5, 0.6) is 0 Å². The fourth-order valence-electron chi connectivity index (χ4n) is 2.06. The molecule has 0 saturated heterocycles. The van der Waals surface area contributed by atoms with Gasteiger partial charge in [0.15, 0.2) is 0 Å². The smallest absolute Gasteiger partial charge is 0.303 e. The highest BCUT2D eigenvalue weighted by atomic mass is 16.4. The Morgan fingerprint density at radius 2 is 1.75 bits per heavy atom. The number of benzene rings is 2. The fraction of sp³-hybridized carbons (Fsp3) is 0.133. The lowest BCUT2D eigenvalue weighted by Crippen LogP contribution is -2.01. The summed E-state index contributed by atoms with van der Waals surface area (Å²) in [4.78, 5) is 12.2. The van der Waals surface area contributed by atoms with Crippen LogP contribution in [0, 0.1) is 0 Å². The molecule has 1 aromatic heterocycles. The molecule has 0 unspecified atom stereocenters. The number of hydrogen-bond acceptors (Lipinski definition) is 3. The van der Waals surface area contributed by atoms with Gasteiger partial charge in [0.2, 0.25) is 0 Å². The highest BCUT2D eigenvalue weighted by molar-refractivity contribution is 5.73. The summed E-state index contributed by atoms with van der Waals surface area (Å²) in [6, 6.07) is 15.3. The molecular weight excluding hydrogens is 254 g/mol. The van der Waals surface area contributed by atoms with Gasteiger partial charge in [0.25, 0.3) is 0 Å². The zero-order chi connectivity index (χ0) is 13.9. The molecule has 0 radical (unpaired) electrons. The van der Waals surface area contributed by atoms with Gasteiger partial charge in [0, 0.05) is 6.42 Å². The standard InChI is InChI=1S/C15H13N3O2/c19-15(20)9-8-11-4-3-5-12(10-11)18-16-13-6-1-2-7-14(13)17-18/h1-7,10H,8-9H2,(H,19,20). The molecule has 3 aromatic rings. The fourth-order valence-corrected chi connectivity index (χ4v) is 2.06. The number of aromatic nitrogens is 3. The third kappa shape index (κ3) is 2.51. The van der Waals surface area contributed by atoms with Crippen molar-refractivity contribution in [3.8, 4) is 5.69 Å². The lowest BCUT2D eigenvalue weighted by atomic mass is 10.1.